The molecule has 0 N–H and O–H groups in total. The second-order valence-corrected chi connectivity index (χ2v) is 4.79. The lowest BCUT2D eigenvalue weighted by Gasteiger charge is -2.06. The van der Waals surface area contributed by atoms with E-state index in [1.165, 1.54) is 12.1 Å². The molecule has 0 amide bonds. The predicted octanol–water partition coefficient (Wildman–Crippen LogP) is 3.15. The quantitative estimate of drug-likeness (QED) is 0.486. The van der Waals surface area contributed by atoms with Crippen molar-refractivity contribution in [3.05, 3.63) is 63.0 Å². The summed E-state index contributed by atoms with van der Waals surface area (Å²) < 4.78 is 0. The number of nitriles is 1. The van der Waals surface area contributed by atoms with Crippen molar-refractivity contribution < 1.29 is 9.72 Å². The van der Waals surface area contributed by atoms with Crippen molar-refractivity contribution >= 4 is 22.1 Å². The van der Waals surface area contributed by atoms with Crippen molar-refractivity contribution in [2.45, 2.75) is 5.92 Å². The molecule has 6 heteroatoms. The van der Waals surface area contributed by atoms with Gasteiger partial charge in [0.2, 0.25) is 0 Å². The molecule has 1 aromatic heterocycles. The van der Waals surface area contributed by atoms with Crippen molar-refractivity contribution in [1.29, 1.82) is 5.26 Å². The van der Waals surface area contributed by atoms with E-state index < -0.39 is 16.6 Å². The summed E-state index contributed by atoms with van der Waals surface area (Å²) in [5.41, 5.74) is 0.589. The molecule has 94 valence electrons. The van der Waals surface area contributed by atoms with Gasteiger partial charge in [-0.3, -0.25) is 14.9 Å². The average Bonchev–Trinajstić information content (AvgIpc) is 2.90. The van der Waals surface area contributed by atoms with Gasteiger partial charge >= 0.3 is 5.00 Å². The molecule has 5 nitrogen and oxygen atoms in total. The Hall–Kier alpha value is -2.52. The third-order valence-electron chi connectivity index (χ3n) is 2.54. The van der Waals surface area contributed by atoms with Gasteiger partial charge in [0.25, 0.3) is 0 Å². The Labute approximate surface area is 112 Å². The van der Waals surface area contributed by atoms with Crippen molar-refractivity contribution in [1.82, 2.24) is 0 Å². The van der Waals surface area contributed by atoms with E-state index in [2.05, 4.69) is 0 Å². The van der Waals surface area contributed by atoms with Crippen LogP contribution in [0.1, 0.15) is 21.2 Å². The van der Waals surface area contributed by atoms with Crippen LogP contribution in [-0.4, -0.2) is 10.7 Å². The SMILES string of the molecule is N#CC(C(=O)c1ccc([N+](=O)[O-])s1)c1ccccc1. The van der Waals surface area contributed by atoms with Gasteiger partial charge in [-0.05, 0) is 11.6 Å². The lowest BCUT2D eigenvalue weighted by molar-refractivity contribution is -0.380. The smallest absolute Gasteiger partial charge is 0.291 e. The van der Waals surface area contributed by atoms with E-state index in [-0.39, 0.29) is 9.88 Å². The third-order valence-corrected chi connectivity index (χ3v) is 3.59. The van der Waals surface area contributed by atoms with Crippen LogP contribution in [0, 0.1) is 21.4 Å². The number of nitro groups is 1. The van der Waals surface area contributed by atoms with E-state index in [0.717, 1.165) is 11.3 Å². The average molecular weight is 272 g/mol. The molecule has 2 aromatic rings. The summed E-state index contributed by atoms with van der Waals surface area (Å²) in [5.74, 6) is -1.34. The summed E-state index contributed by atoms with van der Waals surface area (Å²) in [6, 6.07) is 13.3. The van der Waals surface area contributed by atoms with Crippen LogP contribution < -0.4 is 0 Å². The highest BCUT2D eigenvalue weighted by molar-refractivity contribution is 7.17. The van der Waals surface area contributed by atoms with Crippen molar-refractivity contribution in [2.24, 2.45) is 0 Å². The first-order valence-electron chi connectivity index (χ1n) is 5.36. The van der Waals surface area contributed by atoms with Crippen LogP contribution in [0.2, 0.25) is 0 Å². The fraction of sp³-hybridized carbons (Fsp3) is 0.0769. The first-order chi connectivity index (χ1) is 9.13. The van der Waals surface area contributed by atoms with Gasteiger partial charge < -0.3 is 0 Å². The highest BCUT2D eigenvalue weighted by Gasteiger charge is 2.24. The van der Waals surface area contributed by atoms with Gasteiger partial charge in [-0.1, -0.05) is 41.7 Å². The first-order valence-corrected chi connectivity index (χ1v) is 6.18. The fourth-order valence-electron chi connectivity index (χ4n) is 1.63. The number of carbonyl (C=O) groups excluding carboxylic acids is 1. The summed E-state index contributed by atoms with van der Waals surface area (Å²) in [6.45, 7) is 0. The Morgan fingerprint density at radius 3 is 2.47 bits per heavy atom. The summed E-state index contributed by atoms with van der Waals surface area (Å²) >= 11 is 0.788. The first kappa shape index (κ1) is 12.9. The molecule has 1 aromatic carbocycles. The van der Waals surface area contributed by atoms with E-state index in [1.54, 1.807) is 30.3 Å². The minimum atomic E-state index is -0.931. The van der Waals surface area contributed by atoms with Gasteiger partial charge in [-0.15, -0.1) is 0 Å². The number of Topliss-reactive ketones (excluding diaryl/α,β-unsaturated/α-hetero) is 1. The maximum atomic E-state index is 12.2. The molecule has 0 aliphatic heterocycles. The van der Waals surface area contributed by atoms with Gasteiger partial charge in [-0.2, -0.15) is 5.26 Å². The molecule has 0 saturated carbocycles. The largest absolute Gasteiger partial charge is 0.324 e. The maximum absolute atomic E-state index is 12.2. The summed E-state index contributed by atoms with van der Waals surface area (Å²) in [6.07, 6.45) is 0. The monoisotopic (exact) mass is 272 g/mol. The zero-order chi connectivity index (χ0) is 13.8. The molecule has 1 unspecified atom stereocenters. The molecule has 2 rings (SSSR count). The Morgan fingerprint density at radius 2 is 1.95 bits per heavy atom. The van der Waals surface area contributed by atoms with Crippen molar-refractivity contribution in [2.75, 3.05) is 0 Å². The molecule has 0 aliphatic rings. The van der Waals surface area contributed by atoms with E-state index in [1.807, 2.05) is 6.07 Å². The van der Waals surface area contributed by atoms with Crippen molar-refractivity contribution in [3.8, 4) is 6.07 Å². The fourth-order valence-corrected chi connectivity index (χ4v) is 2.42. The minimum Gasteiger partial charge on any atom is -0.291 e. The lowest BCUT2D eigenvalue weighted by atomic mass is 9.95. The number of hydrogen-bond donors (Lipinski definition) is 0. The molecule has 0 saturated heterocycles. The van der Waals surface area contributed by atoms with E-state index >= 15 is 0 Å². The number of nitrogens with zero attached hydrogens (tertiary/aromatic N) is 2. The number of ketones is 1. The molecule has 1 heterocycles. The number of benzene rings is 1. The summed E-state index contributed by atoms with van der Waals surface area (Å²) in [4.78, 5) is 22.4. The van der Waals surface area contributed by atoms with E-state index in [9.17, 15) is 14.9 Å². The number of hydrogen-bond acceptors (Lipinski definition) is 5. The molecular weight excluding hydrogens is 264 g/mol. The lowest BCUT2D eigenvalue weighted by Crippen LogP contribution is -2.09. The van der Waals surface area contributed by atoms with E-state index in [4.69, 9.17) is 5.26 Å². The Bertz CT molecular complexity index is 658. The van der Waals surface area contributed by atoms with Crippen LogP contribution >= 0.6 is 11.3 Å². The number of carbonyl (C=O) groups is 1. The van der Waals surface area contributed by atoms with Gasteiger partial charge in [0.15, 0.2) is 5.78 Å². The topological polar surface area (TPSA) is 84.0 Å². The van der Waals surface area contributed by atoms with Gasteiger partial charge in [0.1, 0.15) is 5.92 Å². The molecule has 0 aliphatic carbocycles. The Kier molecular flexibility index (Phi) is 3.68. The van der Waals surface area contributed by atoms with Crippen molar-refractivity contribution in [3.63, 3.8) is 0 Å². The molecule has 0 spiro atoms. The van der Waals surface area contributed by atoms with Gasteiger partial charge in [0, 0.05) is 6.07 Å². The predicted molar refractivity (Wildman–Crippen MR) is 70.1 cm³/mol. The van der Waals surface area contributed by atoms with Crippen LogP contribution in [0.15, 0.2) is 42.5 Å². The highest BCUT2D eigenvalue weighted by atomic mass is 32.1. The number of thiophene rings is 1. The number of rotatable bonds is 4. The molecule has 0 radical (unpaired) electrons. The second kappa shape index (κ2) is 5.42. The molecule has 19 heavy (non-hydrogen) atoms. The van der Waals surface area contributed by atoms with Crippen LogP contribution in [0.25, 0.3) is 0 Å². The second-order valence-electron chi connectivity index (χ2n) is 3.73. The van der Waals surface area contributed by atoms with Gasteiger partial charge in [0.05, 0.1) is 15.9 Å². The van der Waals surface area contributed by atoms with Gasteiger partial charge in [-0.25, -0.2) is 0 Å². The van der Waals surface area contributed by atoms with Crippen LogP contribution in [0.4, 0.5) is 5.00 Å². The Morgan fingerprint density at radius 1 is 1.26 bits per heavy atom. The minimum absolute atomic E-state index is 0.104. The summed E-state index contributed by atoms with van der Waals surface area (Å²) in [7, 11) is 0. The maximum Gasteiger partial charge on any atom is 0.324 e. The highest BCUT2D eigenvalue weighted by Crippen LogP contribution is 2.29. The van der Waals surface area contributed by atoms with Crippen LogP contribution in [0.5, 0.6) is 0 Å². The third kappa shape index (κ3) is 2.67. The van der Waals surface area contributed by atoms with Crippen LogP contribution in [-0.2, 0) is 0 Å². The van der Waals surface area contributed by atoms with E-state index in [0.29, 0.717) is 5.56 Å². The standard InChI is InChI=1S/C13H8N2O3S/c14-8-10(9-4-2-1-3-5-9)13(16)11-6-7-12(19-11)15(17)18/h1-7,10H. The zero-order valence-corrected chi connectivity index (χ0v) is 10.5. The normalized spacial score (nSPS) is 11.5. The molecule has 1 atom stereocenters. The Balaban J connectivity index is 2.31. The molecular formula is C13H8N2O3S. The molecule has 0 fully saturated rings. The summed E-state index contributed by atoms with van der Waals surface area (Å²) in [5, 5.41) is 19.6. The molecule has 0 bridgehead atoms. The van der Waals surface area contributed by atoms with Crippen LogP contribution in [0.3, 0.4) is 0 Å². The zero-order valence-electron chi connectivity index (χ0n) is 9.65.